The molecule has 0 aromatic heterocycles. The van der Waals surface area contributed by atoms with Crippen LogP contribution in [-0.2, 0) is 14.3 Å². The number of carbonyl (C=O) groups is 3. The van der Waals surface area contributed by atoms with Gasteiger partial charge in [0.05, 0.1) is 5.41 Å². The van der Waals surface area contributed by atoms with Crippen molar-refractivity contribution in [2.24, 2.45) is 11.3 Å². The lowest BCUT2D eigenvalue weighted by Crippen LogP contribution is -2.42. The molecule has 1 heterocycles. The number of ether oxygens (including phenoxy) is 1. The van der Waals surface area contributed by atoms with Crippen LogP contribution in [0.25, 0.3) is 0 Å². The lowest BCUT2D eigenvalue weighted by atomic mass is 9.89. The Kier molecular flexibility index (Phi) is 5.94. The largest absolute Gasteiger partial charge is 0.481 e. The average molecular weight is 286 g/mol. The molecule has 1 unspecified atom stereocenters. The lowest BCUT2D eigenvalue weighted by molar-refractivity contribution is -0.149. The minimum Gasteiger partial charge on any atom is -0.481 e. The van der Waals surface area contributed by atoms with Crippen LogP contribution in [0.3, 0.4) is 0 Å². The van der Waals surface area contributed by atoms with Crippen LogP contribution in [0.5, 0.6) is 0 Å². The maximum absolute atomic E-state index is 11.5. The van der Waals surface area contributed by atoms with Crippen LogP contribution in [-0.4, -0.2) is 42.8 Å². The topological polar surface area (TPSA) is 105 Å². The van der Waals surface area contributed by atoms with E-state index in [4.69, 9.17) is 9.84 Å². The summed E-state index contributed by atoms with van der Waals surface area (Å²) in [7, 11) is 0. The predicted molar refractivity (Wildman–Crippen MR) is 71.1 cm³/mol. The minimum absolute atomic E-state index is 0.244. The number of amides is 3. The Balaban J connectivity index is 2.20. The Morgan fingerprint density at radius 3 is 2.60 bits per heavy atom. The summed E-state index contributed by atoms with van der Waals surface area (Å²) >= 11 is 0. The standard InChI is InChI=1S/C13H22N2O5/c1-13(2,11(17)18)7-10(16)15-12(19)14-5-3-9-4-6-20-8-9/h9H,3-8H2,1-2H3,(H,17,18)(H2,14,15,16,19). The van der Waals surface area contributed by atoms with Gasteiger partial charge in [-0.3, -0.25) is 14.9 Å². The van der Waals surface area contributed by atoms with Crippen molar-refractivity contribution in [2.45, 2.75) is 33.1 Å². The number of carboxylic acid groups (broad SMARTS) is 1. The number of aliphatic carboxylic acids is 1. The van der Waals surface area contributed by atoms with Crippen LogP contribution in [0, 0.1) is 11.3 Å². The van der Waals surface area contributed by atoms with Gasteiger partial charge in [-0.1, -0.05) is 0 Å². The monoisotopic (exact) mass is 286 g/mol. The van der Waals surface area contributed by atoms with Gasteiger partial charge in [-0.05, 0) is 32.6 Å². The van der Waals surface area contributed by atoms with Gasteiger partial charge in [-0.15, -0.1) is 0 Å². The summed E-state index contributed by atoms with van der Waals surface area (Å²) in [6.45, 7) is 4.82. The van der Waals surface area contributed by atoms with E-state index in [0.29, 0.717) is 12.5 Å². The quantitative estimate of drug-likeness (QED) is 0.668. The third-order valence-corrected chi connectivity index (χ3v) is 3.30. The number of nitrogens with one attached hydrogen (secondary N) is 2. The van der Waals surface area contributed by atoms with Crippen molar-refractivity contribution in [1.29, 1.82) is 0 Å². The van der Waals surface area contributed by atoms with Crippen LogP contribution >= 0.6 is 0 Å². The van der Waals surface area contributed by atoms with Crippen molar-refractivity contribution in [3.05, 3.63) is 0 Å². The summed E-state index contributed by atoms with van der Waals surface area (Å²) in [4.78, 5) is 33.9. The van der Waals surface area contributed by atoms with Crippen LogP contribution in [0.2, 0.25) is 0 Å². The number of imide groups is 1. The molecule has 1 saturated heterocycles. The molecule has 0 saturated carbocycles. The Hall–Kier alpha value is -1.63. The number of urea groups is 1. The minimum atomic E-state index is -1.19. The zero-order chi connectivity index (χ0) is 15.2. The van der Waals surface area contributed by atoms with Gasteiger partial charge in [0.15, 0.2) is 0 Å². The second-order valence-corrected chi connectivity index (χ2v) is 5.69. The Morgan fingerprint density at radius 2 is 2.05 bits per heavy atom. The van der Waals surface area contributed by atoms with E-state index in [1.54, 1.807) is 0 Å². The smallest absolute Gasteiger partial charge is 0.321 e. The maximum Gasteiger partial charge on any atom is 0.321 e. The van der Waals surface area contributed by atoms with Crippen molar-refractivity contribution in [3.63, 3.8) is 0 Å². The summed E-state index contributed by atoms with van der Waals surface area (Å²) in [5, 5.41) is 13.6. The molecule has 7 heteroatoms. The number of hydrogen-bond donors (Lipinski definition) is 3. The zero-order valence-corrected chi connectivity index (χ0v) is 11.9. The third-order valence-electron chi connectivity index (χ3n) is 3.30. The molecule has 20 heavy (non-hydrogen) atoms. The highest BCUT2D eigenvalue weighted by Gasteiger charge is 2.30. The molecule has 3 amide bonds. The van der Waals surface area contributed by atoms with Crippen molar-refractivity contribution < 1.29 is 24.2 Å². The van der Waals surface area contributed by atoms with Crippen molar-refractivity contribution in [2.75, 3.05) is 19.8 Å². The first-order chi connectivity index (χ1) is 9.31. The first-order valence-corrected chi connectivity index (χ1v) is 6.70. The van der Waals surface area contributed by atoms with Gasteiger partial charge in [0.25, 0.3) is 0 Å². The highest BCUT2D eigenvalue weighted by molar-refractivity contribution is 5.96. The first-order valence-electron chi connectivity index (χ1n) is 6.70. The van der Waals surface area contributed by atoms with Crippen molar-refractivity contribution in [1.82, 2.24) is 10.6 Å². The summed E-state index contributed by atoms with van der Waals surface area (Å²) < 4.78 is 5.22. The molecule has 1 aliphatic rings. The molecule has 1 aliphatic heterocycles. The van der Waals surface area contributed by atoms with Gasteiger partial charge in [0, 0.05) is 26.2 Å². The molecule has 7 nitrogen and oxygen atoms in total. The van der Waals surface area contributed by atoms with Gasteiger partial charge < -0.3 is 15.2 Å². The molecule has 0 aromatic carbocycles. The van der Waals surface area contributed by atoms with Gasteiger partial charge in [-0.25, -0.2) is 4.79 Å². The fourth-order valence-corrected chi connectivity index (χ4v) is 1.89. The fraction of sp³-hybridized carbons (Fsp3) is 0.769. The number of rotatable bonds is 6. The number of hydrogen-bond acceptors (Lipinski definition) is 4. The summed E-state index contributed by atoms with van der Waals surface area (Å²) in [5.74, 6) is -1.22. The number of carboxylic acids is 1. The molecule has 0 radical (unpaired) electrons. The second kappa shape index (κ2) is 7.23. The summed E-state index contributed by atoms with van der Waals surface area (Å²) in [6, 6.07) is -0.588. The van der Waals surface area contributed by atoms with Crippen LogP contribution in [0.1, 0.15) is 33.1 Å². The van der Waals surface area contributed by atoms with Gasteiger partial charge in [-0.2, -0.15) is 0 Å². The summed E-state index contributed by atoms with van der Waals surface area (Å²) in [5.41, 5.74) is -1.19. The number of carbonyl (C=O) groups excluding carboxylic acids is 2. The molecule has 0 bridgehead atoms. The molecule has 3 N–H and O–H groups in total. The Morgan fingerprint density at radius 1 is 1.35 bits per heavy atom. The Bertz CT molecular complexity index is 375. The van der Waals surface area contributed by atoms with Gasteiger partial charge in [0.1, 0.15) is 0 Å². The van der Waals surface area contributed by atoms with E-state index in [0.717, 1.165) is 26.1 Å². The SMILES string of the molecule is CC(C)(CC(=O)NC(=O)NCCC1CCOC1)C(=O)O. The molecule has 0 aliphatic carbocycles. The molecular weight excluding hydrogens is 264 g/mol. The van der Waals surface area contributed by atoms with E-state index in [1.807, 2.05) is 0 Å². The van der Waals surface area contributed by atoms with Crippen LogP contribution in [0.4, 0.5) is 4.79 Å². The second-order valence-electron chi connectivity index (χ2n) is 5.69. The lowest BCUT2D eigenvalue weighted by Gasteiger charge is -2.18. The molecule has 0 aromatic rings. The molecule has 0 spiro atoms. The molecule has 1 fully saturated rings. The normalized spacial score (nSPS) is 18.6. The average Bonchev–Trinajstić information content (AvgIpc) is 2.80. The maximum atomic E-state index is 11.5. The summed E-state index contributed by atoms with van der Waals surface area (Å²) in [6.07, 6.45) is 1.56. The van der Waals surface area contributed by atoms with Crippen molar-refractivity contribution >= 4 is 17.9 Å². The molecule has 1 rings (SSSR count). The highest BCUT2D eigenvalue weighted by Crippen LogP contribution is 2.19. The van der Waals surface area contributed by atoms with E-state index in [9.17, 15) is 14.4 Å². The Labute approximate surface area is 118 Å². The fourth-order valence-electron chi connectivity index (χ4n) is 1.89. The zero-order valence-electron chi connectivity index (χ0n) is 11.9. The van der Waals surface area contributed by atoms with Gasteiger partial charge >= 0.3 is 12.0 Å². The van der Waals surface area contributed by atoms with E-state index in [1.165, 1.54) is 13.8 Å². The third kappa shape index (κ3) is 5.56. The van der Waals surface area contributed by atoms with Crippen LogP contribution in [0.15, 0.2) is 0 Å². The van der Waals surface area contributed by atoms with Crippen LogP contribution < -0.4 is 10.6 Å². The first kappa shape index (κ1) is 16.4. The van der Waals surface area contributed by atoms with Crippen molar-refractivity contribution in [3.8, 4) is 0 Å². The van der Waals surface area contributed by atoms with Gasteiger partial charge in [0.2, 0.25) is 5.91 Å². The van der Waals surface area contributed by atoms with E-state index in [2.05, 4.69) is 10.6 Å². The molecule has 1 atom stereocenters. The molecule has 114 valence electrons. The predicted octanol–water partition coefficient (Wildman–Crippen LogP) is 0.740. The van der Waals surface area contributed by atoms with E-state index >= 15 is 0 Å². The highest BCUT2D eigenvalue weighted by atomic mass is 16.5. The van der Waals surface area contributed by atoms with E-state index in [-0.39, 0.29) is 6.42 Å². The molecular formula is C13H22N2O5. The van der Waals surface area contributed by atoms with E-state index < -0.39 is 23.3 Å².